The topological polar surface area (TPSA) is 118 Å². The maximum atomic E-state index is 12.2. The summed E-state index contributed by atoms with van der Waals surface area (Å²) in [5.41, 5.74) is 0.516. The van der Waals surface area contributed by atoms with Crippen molar-refractivity contribution in [3.63, 3.8) is 0 Å². The van der Waals surface area contributed by atoms with Crippen LogP contribution in [0.1, 0.15) is 25.7 Å². The van der Waals surface area contributed by atoms with Crippen molar-refractivity contribution >= 4 is 23.5 Å². The summed E-state index contributed by atoms with van der Waals surface area (Å²) in [7, 11) is 1.64. The number of carbonyl (C=O) groups excluding carboxylic acids is 3. The predicted octanol–water partition coefficient (Wildman–Crippen LogP) is 1.36. The fourth-order valence-corrected chi connectivity index (χ4v) is 3.72. The number of methoxy groups -OCH3 is 1. The van der Waals surface area contributed by atoms with E-state index < -0.39 is 6.03 Å². The number of benzene rings is 1. The van der Waals surface area contributed by atoms with Crippen LogP contribution < -0.4 is 25.4 Å². The highest BCUT2D eigenvalue weighted by Crippen LogP contribution is 2.32. The molecule has 0 aliphatic carbocycles. The molecule has 2 aliphatic heterocycles. The first kappa shape index (κ1) is 23.8. The normalized spacial score (nSPS) is 16.3. The highest BCUT2D eigenvalue weighted by Gasteiger charge is 2.25. The average Bonchev–Trinajstić information content (AvgIpc) is 2.80. The SMILES string of the molecule is COCCCNC(=O)C1CCN(CCC(=O)NC(=O)Nc2ccc3c(c2)OCCO3)CC1. The standard InChI is InChI=1S/C22H32N4O6/c1-30-12-2-8-23-21(28)16-5-9-26(10-6-16)11-7-20(27)25-22(29)24-17-3-4-18-19(15-17)32-14-13-31-18/h3-4,15-16H,2,5-14H2,1H3,(H,23,28)(H2,24,25,27,29). The minimum Gasteiger partial charge on any atom is -0.486 e. The third-order valence-corrected chi connectivity index (χ3v) is 5.49. The Morgan fingerprint density at radius 3 is 2.62 bits per heavy atom. The Morgan fingerprint density at radius 1 is 1.12 bits per heavy atom. The van der Waals surface area contributed by atoms with Crippen LogP contribution >= 0.6 is 0 Å². The van der Waals surface area contributed by atoms with Gasteiger partial charge in [0, 0.05) is 50.9 Å². The molecule has 4 amide bonds. The molecule has 2 aliphatic rings. The molecule has 2 heterocycles. The number of amides is 4. The van der Waals surface area contributed by atoms with Crippen molar-refractivity contribution in [2.75, 3.05) is 58.4 Å². The van der Waals surface area contributed by atoms with Crippen LogP contribution in [0.2, 0.25) is 0 Å². The van der Waals surface area contributed by atoms with Gasteiger partial charge in [0.05, 0.1) is 0 Å². The summed E-state index contributed by atoms with van der Waals surface area (Å²) in [6.07, 6.45) is 2.55. The molecule has 10 nitrogen and oxygen atoms in total. The summed E-state index contributed by atoms with van der Waals surface area (Å²) >= 11 is 0. The van der Waals surface area contributed by atoms with Gasteiger partial charge in [0.2, 0.25) is 11.8 Å². The maximum absolute atomic E-state index is 12.2. The molecule has 1 fully saturated rings. The number of imide groups is 1. The van der Waals surface area contributed by atoms with Gasteiger partial charge in [-0.05, 0) is 44.5 Å². The number of hydrogen-bond donors (Lipinski definition) is 3. The molecule has 10 heteroatoms. The minimum atomic E-state index is -0.587. The number of anilines is 1. The number of fused-ring (bicyclic) bond motifs is 1. The van der Waals surface area contributed by atoms with Gasteiger partial charge in [-0.1, -0.05) is 0 Å². The molecule has 1 aromatic rings. The zero-order valence-corrected chi connectivity index (χ0v) is 18.5. The van der Waals surface area contributed by atoms with Crippen LogP contribution in [-0.4, -0.2) is 75.9 Å². The first-order valence-electron chi connectivity index (χ1n) is 11.0. The quantitative estimate of drug-likeness (QED) is 0.488. The van der Waals surface area contributed by atoms with Gasteiger partial charge < -0.3 is 29.7 Å². The lowest BCUT2D eigenvalue weighted by atomic mass is 9.96. The Hall–Kier alpha value is -2.85. The van der Waals surface area contributed by atoms with Crippen molar-refractivity contribution in [3.8, 4) is 11.5 Å². The molecule has 3 N–H and O–H groups in total. The second-order valence-corrected chi connectivity index (χ2v) is 7.86. The number of piperidine rings is 1. The lowest BCUT2D eigenvalue weighted by Gasteiger charge is -2.31. The van der Waals surface area contributed by atoms with Gasteiger partial charge in [-0.3, -0.25) is 14.9 Å². The lowest BCUT2D eigenvalue weighted by molar-refractivity contribution is -0.127. The minimum absolute atomic E-state index is 0.0133. The van der Waals surface area contributed by atoms with Crippen LogP contribution in [0.3, 0.4) is 0 Å². The largest absolute Gasteiger partial charge is 0.486 e. The monoisotopic (exact) mass is 448 g/mol. The van der Waals surface area contributed by atoms with Crippen LogP contribution in [-0.2, 0) is 14.3 Å². The van der Waals surface area contributed by atoms with Crippen LogP contribution in [0.15, 0.2) is 18.2 Å². The van der Waals surface area contributed by atoms with Crippen molar-refractivity contribution in [1.82, 2.24) is 15.5 Å². The number of ether oxygens (including phenoxy) is 3. The summed E-state index contributed by atoms with van der Waals surface area (Å²) < 4.78 is 15.9. The van der Waals surface area contributed by atoms with Gasteiger partial charge in [0.1, 0.15) is 13.2 Å². The predicted molar refractivity (Wildman–Crippen MR) is 118 cm³/mol. The van der Waals surface area contributed by atoms with Crippen molar-refractivity contribution in [2.24, 2.45) is 5.92 Å². The van der Waals surface area contributed by atoms with Gasteiger partial charge in [0.15, 0.2) is 11.5 Å². The number of rotatable bonds is 9. The van der Waals surface area contributed by atoms with Crippen LogP contribution in [0.5, 0.6) is 11.5 Å². The Bertz CT molecular complexity index is 795. The molecule has 0 saturated carbocycles. The second kappa shape index (κ2) is 12.3. The first-order chi connectivity index (χ1) is 15.5. The summed E-state index contributed by atoms with van der Waals surface area (Å²) in [6, 6.07) is 4.48. The fourth-order valence-electron chi connectivity index (χ4n) is 3.72. The molecule has 0 aromatic heterocycles. The van der Waals surface area contributed by atoms with Crippen LogP contribution in [0.25, 0.3) is 0 Å². The molecule has 0 radical (unpaired) electrons. The number of urea groups is 1. The van der Waals surface area contributed by atoms with Gasteiger partial charge in [-0.2, -0.15) is 0 Å². The highest BCUT2D eigenvalue weighted by molar-refractivity contribution is 6.01. The Morgan fingerprint density at radius 2 is 1.88 bits per heavy atom. The van der Waals surface area contributed by atoms with Crippen molar-refractivity contribution in [3.05, 3.63) is 18.2 Å². The van der Waals surface area contributed by atoms with Crippen molar-refractivity contribution < 1.29 is 28.6 Å². The summed E-state index contributed by atoms with van der Waals surface area (Å²) in [5.74, 6) is 0.949. The number of hydrogen-bond acceptors (Lipinski definition) is 7. The fraction of sp³-hybridized carbons (Fsp3) is 0.591. The van der Waals surface area contributed by atoms with E-state index in [9.17, 15) is 14.4 Å². The molecule has 176 valence electrons. The number of carbonyl (C=O) groups is 3. The first-order valence-corrected chi connectivity index (χ1v) is 11.0. The molecule has 1 saturated heterocycles. The highest BCUT2D eigenvalue weighted by atomic mass is 16.6. The molecule has 0 spiro atoms. The van der Waals surface area contributed by atoms with E-state index in [1.165, 1.54) is 0 Å². The van der Waals surface area contributed by atoms with E-state index in [2.05, 4.69) is 20.9 Å². The summed E-state index contributed by atoms with van der Waals surface area (Å²) in [6.45, 7) is 4.27. The smallest absolute Gasteiger partial charge is 0.325 e. The zero-order valence-electron chi connectivity index (χ0n) is 18.5. The van der Waals surface area contributed by atoms with E-state index in [0.29, 0.717) is 50.1 Å². The van der Waals surface area contributed by atoms with Gasteiger partial charge in [0.25, 0.3) is 0 Å². The Labute approximate surface area is 187 Å². The zero-order chi connectivity index (χ0) is 22.8. The van der Waals surface area contributed by atoms with E-state index in [-0.39, 0.29) is 24.2 Å². The number of nitrogens with zero attached hydrogens (tertiary/aromatic N) is 1. The Kier molecular flexibility index (Phi) is 9.12. The molecular weight excluding hydrogens is 416 g/mol. The van der Waals surface area contributed by atoms with Crippen LogP contribution in [0, 0.1) is 5.92 Å². The summed E-state index contributed by atoms with van der Waals surface area (Å²) in [5, 5.41) is 7.93. The number of likely N-dealkylation sites (tertiary alicyclic amines) is 1. The average molecular weight is 449 g/mol. The van der Waals surface area contributed by atoms with Gasteiger partial charge in [-0.15, -0.1) is 0 Å². The number of nitrogens with one attached hydrogen (secondary N) is 3. The lowest BCUT2D eigenvalue weighted by Crippen LogP contribution is -2.42. The molecule has 3 rings (SSSR count). The molecule has 0 bridgehead atoms. The van der Waals surface area contributed by atoms with E-state index in [0.717, 1.165) is 32.4 Å². The van der Waals surface area contributed by atoms with Crippen LogP contribution in [0.4, 0.5) is 10.5 Å². The maximum Gasteiger partial charge on any atom is 0.325 e. The van der Waals surface area contributed by atoms with E-state index >= 15 is 0 Å². The molecule has 1 aromatic carbocycles. The van der Waals surface area contributed by atoms with Crippen molar-refractivity contribution in [1.29, 1.82) is 0 Å². The molecular formula is C22H32N4O6. The van der Waals surface area contributed by atoms with Crippen molar-refractivity contribution in [2.45, 2.75) is 25.7 Å². The molecule has 0 atom stereocenters. The van der Waals surface area contributed by atoms with E-state index in [1.807, 2.05) is 0 Å². The molecule has 0 unspecified atom stereocenters. The molecule has 32 heavy (non-hydrogen) atoms. The third-order valence-electron chi connectivity index (χ3n) is 5.49. The summed E-state index contributed by atoms with van der Waals surface area (Å²) in [4.78, 5) is 38.6. The second-order valence-electron chi connectivity index (χ2n) is 7.86. The van der Waals surface area contributed by atoms with Gasteiger partial charge >= 0.3 is 6.03 Å². The van der Waals surface area contributed by atoms with E-state index in [1.54, 1.807) is 25.3 Å². The van der Waals surface area contributed by atoms with E-state index in [4.69, 9.17) is 14.2 Å². The Balaban J connectivity index is 1.31. The van der Waals surface area contributed by atoms with Gasteiger partial charge in [-0.25, -0.2) is 4.79 Å². The third kappa shape index (κ3) is 7.38.